The summed E-state index contributed by atoms with van der Waals surface area (Å²) in [6, 6.07) is 0.257. The molecule has 0 aliphatic heterocycles. The van der Waals surface area contributed by atoms with E-state index in [2.05, 4.69) is 17.6 Å². The summed E-state index contributed by atoms with van der Waals surface area (Å²) in [4.78, 5) is 11.4. The molecule has 1 unspecified atom stereocenters. The fourth-order valence-electron chi connectivity index (χ4n) is 1.42. The summed E-state index contributed by atoms with van der Waals surface area (Å²) in [5.41, 5.74) is 0. The minimum absolute atomic E-state index is 0.0443. The van der Waals surface area contributed by atoms with E-state index in [0.717, 1.165) is 12.8 Å². The first-order chi connectivity index (χ1) is 8.20. The van der Waals surface area contributed by atoms with Gasteiger partial charge in [0.25, 0.3) is 0 Å². The second-order valence-electron chi connectivity index (χ2n) is 4.04. The van der Waals surface area contributed by atoms with Crippen LogP contribution in [0, 0.1) is 0 Å². The molecule has 5 nitrogen and oxygen atoms in total. The van der Waals surface area contributed by atoms with Gasteiger partial charge in [-0.2, -0.15) is 0 Å². The van der Waals surface area contributed by atoms with Gasteiger partial charge in [0.1, 0.15) is 0 Å². The molecule has 0 saturated carbocycles. The molecule has 0 aliphatic carbocycles. The highest BCUT2D eigenvalue weighted by Gasteiger charge is 2.05. The van der Waals surface area contributed by atoms with Gasteiger partial charge in [0.2, 0.25) is 5.91 Å². The van der Waals surface area contributed by atoms with Crippen LogP contribution in [0.1, 0.15) is 26.7 Å². The molecule has 0 aliphatic rings. The van der Waals surface area contributed by atoms with Crippen LogP contribution in [0.25, 0.3) is 0 Å². The van der Waals surface area contributed by atoms with Gasteiger partial charge in [-0.05, 0) is 13.3 Å². The standard InChI is InChI=1S/C12H26N2O3/c1-4-5-11(2)14-12(15)10-13-6-7-17-9-8-16-3/h11,13H,4-10H2,1-3H3,(H,14,15). The molecule has 0 aromatic rings. The highest BCUT2D eigenvalue weighted by atomic mass is 16.5. The quantitative estimate of drug-likeness (QED) is 0.523. The number of ether oxygens (including phenoxy) is 2. The second-order valence-corrected chi connectivity index (χ2v) is 4.04. The van der Waals surface area contributed by atoms with Crippen molar-refractivity contribution < 1.29 is 14.3 Å². The first-order valence-corrected chi connectivity index (χ1v) is 6.27. The molecule has 0 spiro atoms. The summed E-state index contributed by atoms with van der Waals surface area (Å²) in [6.45, 7) is 6.96. The lowest BCUT2D eigenvalue weighted by Crippen LogP contribution is -2.39. The van der Waals surface area contributed by atoms with Crippen molar-refractivity contribution in [3.05, 3.63) is 0 Å². The van der Waals surface area contributed by atoms with Crippen LogP contribution in [0.2, 0.25) is 0 Å². The summed E-state index contributed by atoms with van der Waals surface area (Å²) in [6.07, 6.45) is 2.11. The third-order valence-corrected chi connectivity index (χ3v) is 2.27. The molecule has 1 atom stereocenters. The van der Waals surface area contributed by atoms with E-state index in [1.54, 1.807) is 7.11 Å². The molecule has 0 saturated heterocycles. The number of methoxy groups -OCH3 is 1. The van der Waals surface area contributed by atoms with Gasteiger partial charge in [0, 0.05) is 19.7 Å². The van der Waals surface area contributed by atoms with E-state index in [9.17, 15) is 4.79 Å². The predicted octanol–water partition coefficient (Wildman–Crippen LogP) is 0.544. The van der Waals surface area contributed by atoms with Crippen molar-refractivity contribution >= 4 is 5.91 Å². The number of carbonyl (C=O) groups is 1. The molecule has 0 heterocycles. The lowest BCUT2D eigenvalue weighted by Gasteiger charge is -2.13. The summed E-state index contributed by atoms with van der Waals surface area (Å²) in [5.74, 6) is 0.0443. The Morgan fingerprint density at radius 2 is 2.06 bits per heavy atom. The van der Waals surface area contributed by atoms with Crippen molar-refractivity contribution in [2.75, 3.05) is 40.0 Å². The Morgan fingerprint density at radius 1 is 1.29 bits per heavy atom. The van der Waals surface area contributed by atoms with Crippen molar-refractivity contribution in [2.24, 2.45) is 0 Å². The maximum atomic E-state index is 11.4. The molecule has 102 valence electrons. The van der Waals surface area contributed by atoms with E-state index in [0.29, 0.717) is 32.9 Å². The van der Waals surface area contributed by atoms with Crippen LogP contribution in [0.3, 0.4) is 0 Å². The van der Waals surface area contributed by atoms with Gasteiger partial charge in [-0.25, -0.2) is 0 Å². The Bertz CT molecular complexity index is 189. The lowest BCUT2D eigenvalue weighted by molar-refractivity contribution is -0.120. The number of nitrogens with one attached hydrogen (secondary N) is 2. The molecule has 17 heavy (non-hydrogen) atoms. The van der Waals surface area contributed by atoms with E-state index >= 15 is 0 Å². The van der Waals surface area contributed by atoms with Crippen molar-refractivity contribution in [1.82, 2.24) is 10.6 Å². The topological polar surface area (TPSA) is 59.6 Å². The zero-order valence-electron chi connectivity index (χ0n) is 11.3. The minimum Gasteiger partial charge on any atom is -0.382 e. The Kier molecular flexibility index (Phi) is 11.4. The molecule has 0 radical (unpaired) electrons. The van der Waals surface area contributed by atoms with Crippen LogP contribution in [0.5, 0.6) is 0 Å². The number of amides is 1. The molecular formula is C12H26N2O3. The summed E-state index contributed by atoms with van der Waals surface area (Å²) < 4.78 is 10.1. The van der Waals surface area contributed by atoms with E-state index in [4.69, 9.17) is 9.47 Å². The summed E-state index contributed by atoms with van der Waals surface area (Å²) in [7, 11) is 1.64. The van der Waals surface area contributed by atoms with Crippen molar-refractivity contribution in [3.8, 4) is 0 Å². The van der Waals surface area contributed by atoms with Crippen molar-refractivity contribution in [3.63, 3.8) is 0 Å². The van der Waals surface area contributed by atoms with Crippen molar-refractivity contribution in [2.45, 2.75) is 32.7 Å². The van der Waals surface area contributed by atoms with Crippen molar-refractivity contribution in [1.29, 1.82) is 0 Å². The van der Waals surface area contributed by atoms with E-state index in [-0.39, 0.29) is 11.9 Å². The van der Waals surface area contributed by atoms with Gasteiger partial charge < -0.3 is 20.1 Å². The fraction of sp³-hybridized carbons (Fsp3) is 0.917. The molecular weight excluding hydrogens is 220 g/mol. The van der Waals surface area contributed by atoms with Crippen LogP contribution in [0.4, 0.5) is 0 Å². The number of hydrogen-bond donors (Lipinski definition) is 2. The van der Waals surface area contributed by atoms with Gasteiger partial charge in [-0.3, -0.25) is 4.79 Å². The van der Waals surface area contributed by atoms with Gasteiger partial charge in [0.05, 0.1) is 26.4 Å². The number of carbonyl (C=O) groups excluding carboxylic acids is 1. The molecule has 2 N–H and O–H groups in total. The van der Waals surface area contributed by atoms with Crippen LogP contribution in [0.15, 0.2) is 0 Å². The van der Waals surface area contributed by atoms with Gasteiger partial charge in [-0.15, -0.1) is 0 Å². The van der Waals surface area contributed by atoms with Gasteiger partial charge >= 0.3 is 0 Å². The highest BCUT2D eigenvalue weighted by Crippen LogP contribution is 1.93. The average molecular weight is 246 g/mol. The Balaban J connectivity index is 3.27. The highest BCUT2D eigenvalue weighted by molar-refractivity contribution is 5.78. The summed E-state index contributed by atoms with van der Waals surface area (Å²) in [5, 5.41) is 5.96. The first-order valence-electron chi connectivity index (χ1n) is 6.27. The zero-order chi connectivity index (χ0) is 12.9. The Morgan fingerprint density at radius 3 is 2.71 bits per heavy atom. The smallest absolute Gasteiger partial charge is 0.234 e. The number of rotatable bonds is 11. The lowest BCUT2D eigenvalue weighted by atomic mass is 10.2. The largest absolute Gasteiger partial charge is 0.382 e. The van der Waals surface area contributed by atoms with E-state index in [1.807, 2.05) is 6.92 Å². The Hall–Kier alpha value is -0.650. The molecule has 5 heteroatoms. The second kappa shape index (κ2) is 11.8. The third-order valence-electron chi connectivity index (χ3n) is 2.27. The summed E-state index contributed by atoms with van der Waals surface area (Å²) >= 11 is 0. The molecule has 0 aromatic heterocycles. The Labute approximate surface area is 104 Å². The van der Waals surface area contributed by atoms with Gasteiger partial charge in [-0.1, -0.05) is 13.3 Å². The van der Waals surface area contributed by atoms with Crippen LogP contribution >= 0.6 is 0 Å². The molecule has 0 rings (SSSR count). The average Bonchev–Trinajstić information content (AvgIpc) is 2.28. The third kappa shape index (κ3) is 11.6. The zero-order valence-corrected chi connectivity index (χ0v) is 11.3. The molecule has 0 aromatic carbocycles. The maximum Gasteiger partial charge on any atom is 0.234 e. The monoisotopic (exact) mass is 246 g/mol. The molecule has 0 bridgehead atoms. The SMILES string of the molecule is CCCC(C)NC(=O)CNCCOCCOC. The maximum absolute atomic E-state index is 11.4. The van der Waals surface area contributed by atoms with Gasteiger partial charge in [0.15, 0.2) is 0 Å². The normalized spacial score (nSPS) is 12.4. The molecule has 1 amide bonds. The van der Waals surface area contributed by atoms with Crippen LogP contribution in [-0.4, -0.2) is 52.0 Å². The van der Waals surface area contributed by atoms with E-state index < -0.39 is 0 Å². The first kappa shape index (κ1) is 16.4. The predicted molar refractivity (Wildman–Crippen MR) is 68.1 cm³/mol. The fourth-order valence-corrected chi connectivity index (χ4v) is 1.42. The van der Waals surface area contributed by atoms with Crippen LogP contribution < -0.4 is 10.6 Å². The van der Waals surface area contributed by atoms with Crippen LogP contribution in [-0.2, 0) is 14.3 Å². The van der Waals surface area contributed by atoms with E-state index in [1.165, 1.54) is 0 Å². The minimum atomic E-state index is 0.0443. The molecule has 0 fully saturated rings. The number of hydrogen-bond acceptors (Lipinski definition) is 4.